The molecule has 0 atom stereocenters. The van der Waals surface area contributed by atoms with Crippen molar-refractivity contribution in [2.45, 2.75) is 12.8 Å². The van der Waals surface area contributed by atoms with Gasteiger partial charge in [-0.05, 0) is 25.0 Å². The number of hydrogen-bond donors (Lipinski definition) is 2. The average molecular weight is 266 g/mol. The molecule has 2 heterocycles. The van der Waals surface area contributed by atoms with Crippen molar-refractivity contribution in [2.24, 2.45) is 0 Å². The van der Waals surface area contributed by atoms with Crippen LogP contribution in [0.3, 0.4) is 0 Å². The second kappa shape index (κ2) is 3.93. The predicted molar refractivity (Wildman–Crippen MR) is 77.9 cm³/mol. The molecule has 3 aromatic rings. The number of benzene rings is 1. The molecule has 0 spiro atoms. The third kappa shape index (κ3) is 1.36. The minimum atomic E-state index is 0.0785. The van der Waals surface area contributed by atoms with Crippen LogP contribution in [0.2, 0.25) is 0 Å². The molecular weight excluding hydrogens is 252 g/mol. The lowest BCUT2D eigenvalue weighted by atomic mass is 10.0. The maximum absolute atomic E-state index is 10.4. The fraction of sp³-hybridized carbons (Fsp3) is 0.125. The molecular formula is C16H14N2O2. The summed E-state index contributed by atoms with van der Waals surface area (Å²) < 4.78 is 3.23. The van der Waals surface area contributed by atoms with E-state index in [1.54, 1.807) is 4.68 Å². The lowest BCUT2D eigenvalue weighted by Gasteiger charge is -2.10. The van der Waals surface area contributed by atoms with Crippen molar-refractivity contribution >= 4 is 17.0 Å². The van der Waals surface area contributed by atoms with Crippen molar-refractivity contribution in [3.8, 4) is 11.8 Å². The minimum absolute atomic E-state index is 0.0785. The normalized spacial score (nSPS) is 13.8. The number of nitrogens with zero attached hydrogens (tertiary/aromatic N) is 2. The molecule has 0 fully saturated rings. The van der Waals surface area contributed by atoms with E-state index in [4.69, 9.17) is 0 Å². The first-order chi connectivity index (χ1) is 9.77. The van der Waals surface area contributed by atoms with Crippen molar-refractivity contribution < 1.29 is 10.2 Å². The van der Waals surface area contributed by atoms with Gasteiger partial charge in [-0.15, -0.1) is 0 Å². The summed E-state index contributed by atoms with van der Waals surface area (Å²) in [5, 5.41) is 21.9. The molecule has 1 aliphatic carbocycles. The van der Waals surface area contributed by atoms with Gasteiger partial charge in [0.15, 0.2) is 0 Å². The zero-order chi connectivity index (χ0) is 13.7. The van der Waals surface area contributed by atoms with E-state index in [1.807, 2.05) is 48.7 Å². The fourth-order valence-corrected chi connectivity index (χ4v) is 2.89. The van der Waals surface area contributed by atoms with E-state index in [0.717, 1.165) is 29.3 Å². The summed E-state index contributed by atoms with van der Waals surface area (Å²) in [5.41, 5.74) is 2.46. The lowest BCUT2D eigenvalue weighted by molar-refractivity contribution is 0.358. The highest BCUT2D eigenvalue weighted by molar-refractivity contribution is 5.80. The van der Waals surface area contributed by atoms with Gasteiger partial charge >= 0.3 is 0 Å². The predicted octanol–water partition coefficient (Wildman–Crippen LogP) is 3.12. The molecule has 4 rings (SSSR count). The molecule has 2 N–H and O–H groups in total. The third-order valence-corrected chi connectivity index (χ3v) is 3.88. The number of fused-ring (bicyclic) bond motifs is 2. The highest BCUT2D eigenvalue weighted by Crippen LogP contribution is 2.38. The third-order valence-electron chi connectivity index (χ3n) is 3.88. The molecule has 0 amide bonds. The molecule has 0 radical (unpaired) electrons. The van der Waals surface area contributed by atoms with Crippen LogP contribution in [0, 0.1) is 0 Å². The van der Waals surface area contributed by atoms with Crippen LogP contribution < -0.4 is 0 Å². The molecule has 20 heavy (non-hydrogen) atoms. The lowest BCUT2D eigenvalue weighted by Crippen LogP contribution is -2.06. The van der Waals surface area contributed by atoms with Gasteiger partial charge in [-0.1, -0.05) is 30.4 Å². The van der Waals surface area contributed by atoms with Gasteiger partial charge in [-0.2, -0.15) is 4.68 Å². The quantitative estimate of drug-likeness (QED) is 0.711. The number of aromatic nitrogens is 2. The van der Waals surface area contributed by atoms with Crippen molar-refractivity contribution in [3.05, 3.63) is 53.7 Å². The second-order valence-corrected chi connectivity index (χ2v) is 5.01. The monoisotopic (exact) mass is 266 g/mol. The number of para-hydroxylation sites is 1. The van der Waals surface area contributed by atoms with Gasteiger partial charge in [0.1, 0.15) is 0 Å². The first-order valence-electron chi connectivity index (χ1n) is 6.66. The molecule has 2 aromatic heterocycles. The summed E-state index contributed by atoms with van der Waals surface area (Å²) in [7, 11) is 0. The maximum atomic E-state index is 10.4. The van der Waals surface area contributed by atoms with E-state index in [-0.39, 0.29) is 11.8 Å². The van der Waals surface area contributed by atoms with Crippen LogP contribution in [-0.4, -0.2) is 19.6 Å². The first-order valence-corrected chi connectivity index (χ1v) is 6.66. The van der Waals surface area contributed by atoms with Gasteiger partial charge < -0.3 is 10.2 Å². The number of hydrogen-bond acceptors (Lipinski definition) is 2. The van der Waals surface area contributed by atoms with Crippen LogP contribution in [0.15, 0.2) is 42.6 Å². The summed E-state index contributed by atoms with van der Waals surface area (Å²) in [6.45, 7) is 0. The van der Waals surface area contributed by atoms with Gasteiger partial charge in [-0.3, -0.25) is 4.68 Å². The molecule has 1 aromatic carbocycles. The Kier molecular flexibility index (Phi) is 2.21. The Morgan fingerprint density at radius 2 is 1.85 bits per heavy atom. The van der Waals surface area contributed by atoms with Gasteiger partial charge in [0.25, 0.3) is 0 Å². The maximum Gasteiger partial charge on any atom is 0.221 e. The highest BCUT2D eigenvalue weighted by atomic mass is 16.3. The van der Waals surface area contributed by atoms with E-state index >= 15 is 0 Å². The molecule has 0 saturated heterocycles. The van der Waals surface area contributed by atoms with E-state index in [0.29, 0.717) is 5.56 Å². The van der Waals surface area contributed by atoms with Crippen LogP contribution in [0.5, 0.6) is 11.8 Å². The Morgan fingerprint density at radius 3 is 2.70 bits per heavy atom. The Hall–Kier alpha value is -2.62. The smallest absolute Gasteiger partial charge is 0.221 e. The molecule has 100 valence electrons. The summed E-state index contributed by atoms with van der Waals surface area (Å²) >= 11 is 0. The molecule has 4 heteroatoms. The second-order valence-electron chi connectivity index (χ2n) is 5.01. The van der Waals surface area contributed by atoms with E-state index in [2.05, 4.69) is 0 Å². The number of aromatic hydroxyl groups is 2. The molecule has 0 unspecified atom stereocenters. The standard InChI is InChI=1S/C16H14N2O2/c19-15-12-6-2-3-7-13(12)16(20)18(15)17-10-9-11-5-1-4-8-14(11)17/h1-2,4-6,8-10,19-20H,3,7H2. The van der Waals surface area contributed by atoms with Crippen LogP contribution in [0.25, 0.3) is 17.0 Å². The van der Waals surface area contributed by atoms with Gasteiger partial charge in [-0.25, -0.2) is 0 Å². The van der Waals surface area contributed by atoms with E-state index in [1.165, 1.54) is 4.68 Å². The van der Waals surface area contributed by atoms with Crippen molar-refractivity contribution in [1.29, 1.82) is 0 Å². The average Bonchev–Trinajstić information content (AvgIpc) is 3.01. The zero-order valence-corrected chi connectivity index (χ0v) is 10.8. The zero-order valence-electron chi connectivity index (χ0n) is 10.8. The summed E-state index contributed by atoms with van der Waals surface area (Å²) in [4.78, 5) is 0. The van der Waals surface area contributed by atoms with Crippen molar-refractivity contribution in [3.63, 3.8) is 0 Å². The Labute approximate surface area is 115 Å². The molecule has 0 aliphatic heterocycles. The minimum Gasteiger partial charge on any atom is -0.493 e. The topological polar surface area (TPSA) is 50.3 Å². The Balaban J connectivity index is 2.04. The van der Waals surface area contributed by atoms with Crippen LogP contribution in [0.4, 0.5) is 0 Å². The molecule has 0 saturated carbocycles. The number of rotatable bonds is 1. The number of allylic oxidation sites excluding steroid dienone is 1. The van der Waals surface area contributed by atoms with Gasteiger partial charge in [0.2, 0.25) is 11.8 Å². The van der Waals surface area contributed by atoms with E-state index in [9.17, 15) is 10.2 Å². The molecule has 1 aliphatic rings. The van der Waals surface area contributed by atoms with Crippen molar-refractivity contribution in [1.82, 2.24) is 9.35 Å². The van der Waals surface area contributed by atoms with E-state index < -0.39 is 0 Å². The molecule has 4 nitrogen and oxygen atoms in total. The largest absolute Gasteiger partial charge is 0.493 e. The van der Waals surface area contributed by atoms with Crippen LogP contribution in [-0.2, 0) is 6.42 Å². The SMILES string of the molecule is Oc1c2c(c(O)n1-n1ccc3ccccc31)CCC=C2. The fourth-order valence-electron chi connectivity index (χ4n) is 2.89. The summed E-state index contributed by atoms with van der Waals surface area (Å²) in [6, 6.07) is 9.83. The highest BCUT2D eigenvalue weighted by Gasteiger charge is 2.23. The van der Waals surface area contributed by atoms with Gasteiger partial charge in [0.05, 0.1) is 5.52 Å². The van der Waals surface area contributed by atoms with Crippen LogP contribution >= 0.6 is 0 Å². The summed E-state index contributed by atoms with van der Waals surface area (Å²) in [6.07, 6.45) is 7.36. The molecule has 0 bridgehead atoms. The van der Waals surface area contributed by atoms with Gasteiger partial charge in [0, 0.05) is 22.7 Å². The first kappa shape index (κ1) is 11.2. The summed E-state index contributed by atoms with van der Waals surface area (Å²) in [5.74, 6) is 0.193. The Bertz CT molecular complexity index is 840. The van der Waals surface area contributed by atoms with Crippen LogP contribution in [0.1, 0.15) is 17.5 Å². The van der Waals surface area contributed by atoms with Crippen molar-refractivity contribution in [2.75, 3.05) is 0 Å². The Morgan fingerprint density at radius 1 is 1.00 bits per heavy atom.